The molecule has 0 spiro atoms. The molecule has 0 bridgehead atoms. The normalized spacial score (nSPS) is 20.7. The van der Waals surface area contributed by atoms with Crippen molar-refractivity contribution in [1.82, 2.24) is 20.3 Å². The van der Waals surface area contributed by atoms with Gasteiger partial charge in [-0.15, -0.1) is 0 Å². The molecule has 2 amide bonds. The van der Waals surface area contributed by atoms with Gasteiger partial charge in [-0.25, -0.2) is 10.5 Å². The molecule has 2 atom stereocenters. The second-order valence-electron chi connectivity index (χ2n) is 8.22. The van der Waals surface area contributed by atoms with Crippen molar-refractivity contribution in [2.45, 2.75) is 31.3 Å². The number of ether oxygens (including phenoxy) is 1. The maximum absolute atomic E-state index is 12.6. The van der Waals surface area contributed by atoms with E-state index in [0.717, 1.165) is 22.4 Å². The number of hydrogen-bond acceptors (Lipinski definition) is 5. The molecule has 3 aromatic rings. The Balaban J connectivity index is 1.31. The first-order valence-electron chi connectivity index (χ1n) is 10.5. The Morgan fingerprint density at radius 3 is 2.61 bits per heavy atom. The Morgan fingerprint density at radius 2 is 1.87 bits per heavy atom. The maximum atomic E-state index is 12.6. The van der Waals surface area contributed by atoms with E-state index in [1.54, 1.807) is 17.6 Å². The topological polar surface area (TPSA) is 105 Å². The van der Waals surface area contributed by atoms with Crippen molar-refractivity contribution < 1.29 is 19.5 Å². The minimum atomic E-state index is -0.608. The van der Waals surface area contributed by atoms with Gasteiger partial charge >= 0.3 is 0 Å². The lowest BCUT2D eigenvalue weighted by molar-refractivity contribution is -0.133. The number of carbonyl (C=O) groups is 2. The second kappa shape index (κ2) is 8.13. The number of nitrogens with one attached hydrogen (secondary N) is 2. The van der Waals surface area contributed by atoms with Crippen molar-refractivity contribution in [3.8, 4) is 0 Å². The highest BCUT2D eigenvalue weighted by molar-refractivity contribution is 5.95. The van der Waals surface area contributed by atoms with Gasteiger partial charge < -0.3 is 14.6 Å². The van der Waals surface area contributed by atoms with E-state index in [9.17, 15) is 9.59 Å². The van der Waals surface area contributed by atoms with Crippen LogP contribution in [0.5, 0.6) is 0 Å². The number of hydroxylamine groups is 1. The van der Waals surface area contributed by atoms with E-state index in [4.69, 9.17) is 14.9 Å². The molecule has 2 aromatic carbocycles. The van der Waals surface area contributed by atoms with Gasteiger partial charge in [0.25, 0.3) is 11.8 Å². The summed E-state index contributed by atoms with van der Waals surface area (Å²) in [6, 6.07) is 15.2. The van der Waals surface area contributed by atoms with Crippen LogP contribution in [0.15, 0.2) is 48.5 Å². The SMILES string of the molecule is O=C(N[C@@H]1COC[C@@H]1C(=O)NO)c1ccc(Cn2c(C3CC3)nc3ccccc32)cc1. The lowest BCUT2D eigenvalue weighted by Crippen LogP contribution is -2.45. The molecule has 2 fully saturated rings. The molecule has 31 heavy (non-hydrogen) atoms. The Bertz CT molecular complexity index is 1120. The van der Waals surface area contributed by atoms with Crippen molar-refractivity contribution in [3.63, 3.8) is 0 Å². The first-order valence-corrected chi connectivity index (χ1v) is 10.5. The van der Waals surface area contributed by atoms with E-state index in [1.807, 2.05) is 30.3 Å². The summed E-state index contributed by atoms with van der Waals surface area (Å²) in [6.45, 7) is 1.10. The number of amides is 2. The highest BCUT2D eigenvalue weighted by atomic mass is 16.5. The molecule has 0 unspecified atom stereocenters. The average molecular weight is 420 g/mol. The monoisotopic (exact) mass is 420 g/mol. The van der Waals surface area contributed by atoms with Gasteiger partial charge in [-0.05, 0) is 42.7 Å². The third-order valence-corrected chi connectivity index (χ3v) is 6.03. The molecule has 5 rings (SSSR count). The number of para-hydroxylation sites is 2. The summed E-state index contributed by atoms with van der Waals surface area (Å²) in [5, 5.41) is 11.7. The van der Waals surface area contributed by atoms with Crippen molar-refractivity contribution in [1.29, 1.82) is 0 Å². The van der Waals surface area contributed by atoms with E-state index in [-0.39, 0.29) is 19.1 Å². The van der Waals surface area contributed by atoms with Gasteiger partial charge in [0.2, 0.25) is 0 Å². The minimum absolute atomic E-state index is 0.165. The third-order valence-electron chi connectivity index (χ3n) is 6.03. The lowest BCUT2D eigenvalue weighted by atomic mass is 10.0. The van der Waals surface area contributed by atoms with Gasteiger partial charge in [0.1, 0.15) is 5.82 Å². The molecule has 160 valence electrons. The standard InChI is InChI=1S/C23H24N4O4/c28-22(25-19-13-31-12-17(19)23(29)26-30)16-7-5-14(6-8-16)11-27-20-4-2-1-3-18(20)24-21(27)15-9-10-15/h1-8,15,17,19,30H,9-13H2,(H,25,28)(H,26,29)/t17-,19+/m0/s1. The van der Waals surface area contributed by atoms with Gasteiger partial charge in [-0.3, -0.25) is 14.8 Å². The van der Waals surface area contributed by atoms with Crippen molar-refractivity contribution in [2.75, 3.05) is 13.2 Å². The van der Waals surface area contributed by atoms with Gasteiger partial charge in [0, 0.05) is 18.0 Å². The number of carbonyl (C=O) groups excluding carboxylic acids is 2. The first-order chi connectivity index (χ1) is 15.1. The lowest BCUT2D eigenvalue weighted by Gasteiger charge is -2.17. The highest BCUT2D eigenvalue weighted by Crippen LogP contribution is 2.40. The molecule has 1 aliphatic carbocycles. The summed E-state index contributed by atoms with van der Waals surface area (Å²) in [5.74, 6) is 0.234. The van der Waals surface area contributed by atoms with Crippen molar-refractivity contribution in [3.05, 3.63) is 65.5 Å². The molecule has 2 heterocycles. The maximum Gasteiger partial charge on any atom is 0.251 e. The molecular weight excluding hydrogens is 396 g/mol. The summed E-state index contributed by atoms with van der Waals surface area (Å²) in [5.41, 5.74) is 5.37. The summed E-state index contributed by atoms with van der Waals surface area (Å²) in [6.07, 6.45) is 2.37. The molecule has 1 aromatic heterocycles. The summed E-state index contributed by atoms with van der Waals surface area (Å²) in [4.78, 5) is 29.2. The fourth-order valence-electron chi connectivity index (χ4n) is 4.15. The third kappa shape index (κ3) is 3.92. The quantitative estimate of drug-likeness (QED) is 0.419. The highest BCUT2D eigenvalue weighted by Gasteiger charge is 2.35. The smallest absolute Gasteiger partial charge is 0.251 e. The predicted octanol–water partition coefficient (Wildman–Crippen LogP) is 2.21. The fraction of sp³-hybridized carbons (Fsp3) is 0.348. The zero-order valence-corrected chi connectivity index (χ0v) is 17.0. The molecular formula is C23H24N4O4. The van der Waals surface area contributed by atoms with Crippen LogP contribution in [0.4, 0.5) is 0 Å². The number of rotatable bonds is 6. The van der Waals surface area contributed by atoms with Gasteiger partial charge in [-0.2, -0.15) is 0 Å². The van der Waals surface area contributed by atoms with Crippen LogP contribution in [0.25, 0.3) is 11.0 Å². The average Bonchev–Trinajstić information content (AvgIpc) is 3.44. The van der Waals surface area contributed by atoms with Crippen molar-refractivity contribution >= 4 is 22.8 Å². The van der Waals surface area contributed by atoms with E-state index >= 15 is 0 Å². The Hall–Kier alpha value is -3.23. The summed E-state index contributed by atoms with van der Waals surface area (Å²) >= 11 is 0. The molecule has 8 heteroatoms. The summed E-state index contributed by atoms with van der Waals surface area (Å²) < 4.78 is 7.56. The van der Waals surface area contributed by atoms with Crippen LogP contribution in [0.3, 0.4) is 0 Å². The second-order valence-corrected chi connectivity index (χ2v) is 8.22. The number of hydrogen-bond donors (Lipinski definition) is 3. The minimum Gasteiger partial charge on any atom is -0.378 e. The summed E-state index contributed by atoms with van der Waals surface area (Å²) in [7, 11) is 0. The molecule has 1 saturated heterocycles. The first kappa shape index (κ1) is 19.7. The zero-order chi connectivity index (χ0) is 21.4. The van der Waals surface area contributed by atoms with E-state index in [2.05, 4.69) is 16.0 Å². The molecule has 0 radical (unpaired) electrons. The number of fused-ring (bicyclic) bond motifs is 1. The number of nitrogens with zero attached hydrogens (tertiary/aromatic N) is 2. The van der Waals surface area contributed by atoms with Crippen LogP contribution in [-0.2, 0) is 16.1 Å². The van der Waals surface area contributed by atoms with Crippen LogP contribution in [0, 0.1) is 5.92 Å². The van der Waals surface area contributed by atoms with Gasteiger partial charge in [0.05, 0.1) is 36.2 Å². The molecule has 3 N–H and O–H groups in total. The largest absolute Gasteiger partial charge is 0.378 e. The van der Waals surface area contributed by atoms with E-state index in [0.29, 0.717) is 18.0 Å². The fourth-order valence-corrected chi connectivity index (χ4v) is 4.15. The molecule has 8 nitrogen and oxygen atoms in total. The Labute approximate surface area is 179 Å². The zero-order valence-electron chi connectivity index (χ0n) is 17.0. The van der Waals surface area contributed by atoms with Gasteiger partial charge in [0.15, 0.2) is 0 Å². The van der Waals surface area contributed by atoms with Crippen LogP contribution < -0.4 is 10.8 Å². The predicted molar refractivity (Wildman–Crippen MR) is 113 cm³/mol. The number of imidazole rings is 1. The van der Waals surface area contributed by atoms with Crippen LogP contribution >= 0.6 is 0 Å². The van der Waals surface area contributed by atoms with E-state index < -0.39 is 17.9 Å². The van der Waals surface area contributed by atoms with Crippen LogP contribution in [0.2, 0.25) is 0 Å². The molecule has 1 saturated carbocycles. The Kier molecular flexibility index (Phi) is 5.17. The molecule has 2 aliphatic rings. The number of benzene rings is 2. The van der Waals surface area contributed by atoms with Crippen LogP contribution in [-0.4, -0.2) is 45.8 Å². The Morgan fingerprint density at radius 1 is 1.10 bits per heavy atom. The van der Waals surface area contributed by atoms with Crippen LogP contribution in [0.1, 0.15) is 40.5 Å². The van der Waals surface area contributed by atoms with Gasteiger partial charge in [-0.1, -0.05) is 24.3 Å². The van der Waals surface area contributed by atoms with Crippen molar-refractivity contribution in [2.24, 2.45) is 5.92 Å². The number of aromatic nitrogens is 2. The molecule has 1 aliphatic heterocycles. The van der Waals surface area contributed by atoms with E-state index in [1.165, 1.54) is 12.8 Å².